The van der Waals surface area contributed by atoms with Gasteiger partial charge in [-0.2, -0.15) is 5.10 Å². The average molecular weight is 168 g/mol. The van der Waals surface area contributed by atoms with Gasteiger partial charge in [-0.15, -0.1) is 0 Å². The van der Waals surface area contributed by atoms with Crippen LogP contribution in [-0.2, 0) is 24.7 Å². The van der Waals surface area contributed by atoms with Gasteiger partial charge in [-0.05, 0) is 6.42 Å². The molecule has 1 rings (SSSR count). The number of aryl methyl sites for hydroxylation is 2. The Kier molecular flexibility index (Phi) is 2.47. The minimum atomic E-state index is -0.808. The van der Waals surface area contributed by atoms with Gasteiger partial charge >= 0.3 is 5.97 Å². The average Bonchev–Trinajstić information content (AvgIpc) is 2.29. The van der Waals surface area contributed by atoms with Crippen molar-refractivity contribution in [1.29, 1.82) is 0 Å². The maximum Gasteiger partial charge on any atom is 0.307 e. The number of hydrogen-bond donors (Lipinski definition) is 1. The van der Waals surface area contributed by atoms with Crippen LogP contribution in [0.2, 0.25) is 0 Å². The lowest BCUT2D eigenvalue weighted by Crippen LogP contribution is -2.01. The Hall–Kier alpha value is -1.32. The predicted molar refractivity (Wildman–Crippen MR) is 43.9 cm³/mol. The molecule has 0 aliphatic heterocycles. The molecule has 1 heterocycles. The van der Waals surface area contributed by atoms with E-state index >= 15 is 0 Å². The van der Waals surface area contributed by atoms with Gasteiger partial charge in [-0.25, -0.2) is 0 Å². The molecule has 0 aliphatic carbocycles. The number of carbonyl (C=O) groups is 1. The van der Waals surface area contributed by atoms with E-state index in [4.69, 9.17) is 5.11 Å². The molecule has 1 aromatic heterocycles. The molecule has 0 aliphatic rings. The standard InChI is InChI=1S/C8H12N2O2/c1-3-7-6(4-8(11)12)5-10(2)9-7/h5H,3-4H2,1-2H3,(H,11,12). The van der Waals surface area contributed by atoms with E-state index in [2.05, 4.69) is 5.10 Å². The highest BCUT2D eigenvalue weighted by atomic mass is 16.4. The van der Waals surface area contributed by atoms with E-state index in [9.17, 15) is 4.79 Å². The van der Waals surface area contributed by atoms with Crippen LogP contribution in [0.25, 0.3) is 0 Å². The predicted octanol–water partition coefficient (Wildman–Crippen LogP) is 0.610. The monoisotopic (exact) mass is 168 g/mol. The van der Waals surface area contributed by atoms with Gasteiger partial charge in [0.15, 0.2) is 0 Å². The summed E-state index contributed by atoms with van der Waals surface area (Å²) in [6.07, 6.45) is 2.60. The molecule has 0 aromatic carbocycles. The first-order valence-corrected chi connectivity index (χ1v) is 3.86. The highest BCUT2D eigenvalue weighted by Gasteiger charge is 2.08. The van der Waals surface area contributed by atoms with Crippen molar-refractivity contribution in [3.8, 4) is 0 Å². The van der Waals surface area contributed by atoms with Crippen LogP contribution in [0.4, 0.5) is 0 Å². The number of nitrogens with zero attached hydrogens (tertiary/aromatic N) is 2. The minimum Gasteiger partial charge on any atom is -0.481 e. The van der Waals surface area contributed by atoms with Gasteiger partial charge in [0.25, 0.3) is 0 Å². The van der Waals surface area contributed by atoms with Gasteiger partial charge in [-0.1, -0.05) is 6.92 Å². The second-order valence-corrected chi connectivity index (χ2v) is 2.70. The molecule has 66 valence electrons. The maximum atomic E-state index is 10.4. The zero-order valence-electron chi connectivity index (χ0n) is 7.24. The van der Waals surface area contributed by atoms with Crippen molar-refractivity contribution < 1.29 is 9.90 Å². The Morgan fingerprint density at radius 1 is 1.75 bits per heavy atom. The molecule has 0 radical (unpaired) electrons. The van der Waals surface area contributed by atoms with Gasteiger partial charge < -0.3 is 5.11 Å². The molecule has 0 fully saturated rings. The van der Waals surface area contributed by atoms with E-state index in [1.165, 1.54) is 0 Å². The summed E-state index contributed by atoms with van der Waals surface area (Å²) >= 11 is 0. The summed E-state index contributed by atoms with van der Waals surface area (Å²) < 4.78 is 1.65. The Morgan fingerprint density at radius 2 is 2.42 bits per heavy atom. The molecule has 0 bridgehead atoms. The SMILES string of the molecule is CCc1nn(C)cc1CC(=O)O. The third-order valence-electron chi connectivity index (χ3n) is 1.67. The fourth-order valence-corrected chi connectivity index (χ4v) is 1.19. The number of aliphatic carboxylic acids is 1. The molecule has 0 saturated heterocycles. The van der Waals surface area contributed by atoms with Crippen LogP contribution >= 0.6 is 0 Å². The lowest BCUT2D eigenvalue weighted by molar-refractivity contribution is -0.136. The zero-order valence-corrected chi connectivity index (χ0v) is 7.24. The van der Waals surface area contributed by atoms with Gasteiger partial charge in [0.2, 0.25) is 0 Å². The van der Waals surface area contributed by atoms with E-state index < -0.39 is 5.97 Å². The molecule has 4 heteroatoms. The molecule has 0 amide bonds. The lowest BCUT2D eigenvalue weighted by atomic mass is 10.1. The largest absolute Gasteiger partial charge is 0.481 e. The van der Waals surface area contributed by atoms with Gasteiger partial charge in [0.1, 0.15) is 0 Å². The van der Waals surface area contributed by atoms with Crippen LogP contribution in [0.1, 0.15) is 18.2 Å². The highest BCUT2D eigenvalue weighted by Crippen LogP contribution is 2.07. The second kappa shape index (κ2) is 3.38. The molecule has 0 atom stereocenters. The van der Waals surface area contributed by atoms with Gasteiger partial charge in [-0.3, -0.25) is 9.48 Å². The fourth-order valence-electron chi connectivity index (χ4n) is 1.19. The maximum absolute atomic E-state index is 10.4. The van der Waals surface area contributed by atoms with Crippen molar-refractivity contribution in [2.75, 3.05) is 0 Å². The third kappa shape index (κ3) is 1.84. The highest BCUT2D eigenvalue weighted by molar-refractivity contribution is 5.70. The summed E-state index contributed by atoms with van der Waals surface area (Å²) in [7, 11) is 1.80. The van der Waals surface area contributed by atoms with E-state index in [1.54, 1.807) is 17.9 Å². The summed E-state index contributed by atoms with van der Waals surface area (Å²) in [6, 6.07) is 0. The smallest absolute Gasteiger partial charge is 0.307 e. The molecule has 12 heavy (non-hydrogen) atoms. The second-order valence-electron chi connectivity index (χ2n) is 2.70. The van der Waals surface area contributed by atoms with Crippen molar-refractivity contribution in [2.24, 2.45) is 7.05 Å². The first-order valence-electron chi connectivity index (χ1n) is 3.86. The first kappa shape index (κ1) is 8.77. The molecule has 0 saturated carbocycles. The van der Waals surface area contributed by atoms with E-state index in [0.717, 1.165) is 17.7 Å². The molecule has 1 N–H and O–H groups in total. The number of rotatable bonds is 3. The van der Waals surface area contributed by atoms with Crippen LogP contribution in [-0.4, -0.2) is 20.9 Å². The van der Waals surface area contributed by atoms with E-state index in [0.29, 0.717) is 0 Å². The zero-order chi connectivity index (χ0) is 9.14. The molecular formula is C8H12N2O2. The van der Waals surface area contributed by atoms with Crippen LogP contribution in [0.15, 0.2) is 6.20 Å². The normalized spacial score (nSPS) is 10.2. The number of carboxylic acid groups (broad SMARTS) is 1. The topological polar surface area (TPSA) is 55.1 Å². The van der Waals surface area contributed by atoms with Crippen molar-refractivity contribution in [2.45, 2.75) is 19.8 Å². The van der Waals surface area contributed by atoms with Crippen LogP contribution in [0.5, 0.6) is 0 Å². The van der Waals surface area contributed by atoms with Crippen molar-refractivity contribution in [3.05, 3.63) is 17.5 Å². The fraction of sp³-hybridized carbons (Fsp3) is 0.500. The molecule has 4 nitrogen and oxygen atoms in total. The van der Waals surface area contributed by atoms with E-state index in [-0.39, 0.29) is 6.42 Å². The summed E-state index contributed by atoms with van der Waals surface area (Å²) in [4.78, 5) is 10.4. The number of carboxylic acids is 1. The third-order valence-corrected chi connectivity index (χ3v) is 1.67. The minimum absolute atomic E-state index is 0.0665. The first-order chi connectivity index (χ1) is 5.63. The van der Waals surface area contributed by atoms with Crippen molar-refractivity contribution >= 4 is 5.97 Å². The number of hydrogen-bond acceptors (Lipinski definition) is 2. The summed E-state index contributed by atoms with van der Waals surface area (Å²) in [5, 5.41) is 12.7. The summed E-state index contributed by atoms with van der Waals surface area (Å²) in [5.74, 6) is -0.808. The summed E-state index contributed by atoms with van der Waals surface area (Å²) in [5.41, 5.74) is 1.69. The van der Waals surface area contributed by atoms with Gasteiger partial charge in [0.05, 0.1) is 12.1 Å². The Morgan fingerprint density at radius 3 is 2.92 bits per heavy atom. The molecule has 0 unspecified atom stereocenters. The van der Waals surface area contributed by atoms with Crippen LogP contribution < -0.4 is 0 Å². The Labute approximate surface area is 70.8 Å². The van der Waals surface area contributed by atoms with Crippen molar-refractivity contribution in [3.63, 3.8) is 0 Å². The van der Waals surface area contributed by atoms with Crippen LogP contribution in [0.3, 0.4) is 0 Å². The lowest BCUT2D eigenvalue weighted by Gasteiger charge is -1.93. The quantitative estimate of drug-likeness (QED) is 0.719. The van der Waals surface area contributed by atoms with Gasteiger partial charge in [0, 0.05) is 18.8 Å². The number of aromatic nitrogens is 2. The molecular weight excluding hydrogens is 156 g/mol. The van der Waals surface area contributed by atoms with Crippen LogP contribution in [0, 0.1) is 0 Å². The molecule has 1 aromatic rings. The van der Waals surface area contributed by atoms with E-state index in [1.807, 2.05) is 6.92 Å². The Bertz CT molecular complexity index is 291. The molecule has 0 spiro atoms. The summed E-state index contributed by atoms with van der Waals surface area (Å²) in [6.45, 7) is 1.97. The van der Waals surface area contributed by atoms with Crippen molar-refractivity contribution in [1.82, 2.24) is 9.78 Å². The Balaban J connectivity index is 2.89.